The highest BCUT2D eigenvalue weighted by Gasteiger charge is 2.22. The number of aromatic amines is 1. The van der Waals surface area contributed by atoms with Gasteiger partial charge in [-0.15, -0.1) is 0 Å². The van der Waals surface area contributed by atoms with Crippen LogP contribution in [0.2, 0.25) is 10.0 Å². The Morgan fingerprint density at radius 2 is 1.53 bits per heavy atom. The Labute approximate surface area is 181 Å². The molecule has 1 aromatic heterocycles. The zero-order chi connectivity index (χ0) is 21.1. The molecule has 0 saturated carbocycles. The number of halogens is 2. The van der Waals surface area contributed by atoms with E-state index in [9.17, 15) is 9.59 Å². The number of H-pyrrole nitrogens is 1. The molecule has 0 aliphatic rings. The number of carbonyl (C=O) groups is 1. The van der Waals surface area contributed by atoms with Gasteiger partial charge < -0.3 is 4.98 Å². The van der Waals surface area contributed by atoms with Gasteiger partial charge in [-0.25, -0.2) is 4.98 Å². The quantitative estimate of drug-likeness (QED) is 0.263. The molecule has 6 nitrogen and oxygen atoms in total. The summed E-state index contributed by atoms with van der Waals surface area (Å²) in [5, 5.41) is 5.27. The van der Waals surface area contributed by atoms with Crippen LogP contribution in [0.25, 0.3) is 11.0 Å². The SMILES string of the molecule is O=C(/C(=N/Nc1ccc(Cl)cc1)c1nc2ccccc2[nH]c1=O)c1ccc(Cl)cc1. The van der Waals surface area contributed by atoms with Crippen LogP contribution in [-0.4, -0.2) is 21.5 Å². The van der Waals surface area contributed by atoms with Crippen molar-refractivity contribution in [3.63, 3.8) is 0 Å². The van der Waals surface area contributed by atoms with Gasteiger partial charge in [-0.05, 0) is 60.7 Å². The summed E-state index contributed by atoms with van der Waals surface area (Å²) in [6.45, 7) is 0. The van der Waals surface area contributed by atoms with Gasteiger partial charge in [0.2, 0.25) is 5.78 Å². The molecule has 0 saturated heterocycles. The molecule has 0 amide bonds. The molecule has 8 heteroatoms. The second-order valence-electron chi connectivity index (χ2n) is 6.35. The van der Waals surface area contributed by atoms with Crippen LogP contribution in [0.3, 0.4) is 0 Å². The Balaban J connectivity index is 1.82. The number of Topliss-reactive ketones (excluding diaryl/α,β-unsaturated/α-hetero) is 1. The highest BCUT2D eigenvalue weighted by atomic mass is 35.5. The van der Waals surface area contributed by atoms with Crippen LogP contribution >= 0.6 is 23.2 Å². The summed E-state index contributed by atoms with van der Waals surface area (Å²) in [5.41, 5.74) is 4.09. The van der Waals surface area contributed by atoms with Crippen LogP contribution in [0.1, 0.15) is 16.1 Å². The van der Waals surface area contributed by atoms with Crippen LogP contribution in [0, 0.1) is 0 Å². The van der Waals surface area contributed by atoms with E-state index in [1.165, 1.54) is 0 Å². The van der Waals surface area contributed by atoms with Gasteiger partial charge in [0.05, 0.1) is 16.7 Å². The minimum absolute atomic E-state index is 0.0879. The summed E-state index contributed by atoms with van der Waals surface area (Å²) < 4.78 is 0. The maximum absolute atomic E-state index is 13.2. The van der Waals surface area contributed by atoms with Gasteiger partial charge in [0.15, 0.2) is 11.4 Å². The summed E-state index contributed by atoms with van der Waals surface area (Å²) in [6, 6.07) is 20.1. The number of ketones is 1. The molecule has 30 heavy (non-hydrogen) atoms. The van der Waals surface area contributed by atoms with Crippen molar-refractivity contribution >= 4 is 51.4 Å². The van der Waals surface area contributed by atoms with Crippen molar-refractivity contribution in [1.82, 2.24) is 9.97 Å². The lowest BCUT2D eigenvalue weighted by Crippen LogP contribution is -2.27. The average molecular weight is 437 g/mol. The van der Waals surface area contributed by atoms with E-state index in [-0.39, 0.29) is 11.4 Å². The Morgan fingerprint density at radius 1 is 0.900 bits per heavy atom. The van der Waals surface area contributed by atoms with E-state index in [0.29, 0.717) is 32.3 Å². The fourth-order valence-corrected chi connectivity index (χ4v) is 3.04. The topological polar surface area (TPSA) is 87.2 Å². The van der Waals surface area contributed by atoms with Crippen LogP contribution in [0.5, 0.6) is 0 Å². The molecule has 0 aliphatic carbocycles. The lowest BCUT2D eigenvalue weighted by molar-refractivity contribution is 0.106. The number of fused-ring (bicyclic) bond motifs is 1. The number of hydrogen-bond acceptors (Lipinski definition) is 5. The summed E-state index contributed by atoms with van der Waals surface area (Å²) >= 11 is 11.8. The van der Waals surface area contributed by atoms with Crippen molar-refractivity contribution in [2.45, 2.75) is 0 Å². The van der Waals surface area contributed by atoms with Crippen molar-refractivity contribution in [2.75, 3.05) is 5.43 Å². The first kappa shape index (κ1) is 19.8. The summed E-state index contributed by atoms with van der Waals surface area (Å²) in [4.78, 5) is 33.0. The van der Waals surface area contributed by atoms with E-state index in [1.54, 1.807) is 72.8 Å². The number of carbonyl (C=O) groups excluding carboxylic acids is 1. The van der Waals surface area contributed by atoms with Gasteiger partial charge in [-0.1, -0.05) is 35.3 Å². The van der Waals surface area contributed by atoms with Gasteiger partial charge in [-0.2, -0.15) is 5.10 Å². The van der Waals surface area contributed by atoms with Gasteiger partial charge >= 0.3 is 0 Å². The zero-order valence-corrected chi connectivity index (χ0v) is 16.9. The molecule has 1 heterocycles. The highest BCUT2D eigenvalue weighted by Crippen LogP contribution is 2.16. The smallest absolute Gasteiger partial charge is 0.276 e. The molecule has 0 bridgehead atoms. The predicted octanol–water partition coefficient (Wildman–Crippen LogP) is 4.93. The van der Waals surface area contributed by atoms with E-state index in [1.807, 2.05) is 0 Å². The first-order valence-corrected chi connectivity index (χ1v) is 9.66. The van der Waals surface area contributed by atoms with Crippen molar-refractivity contribution in [2.24, 2.45) is 5.10 Å². The molecular weight excluding hydrogens is 423 g/mol. The van der Waals surface area contributed by atoms with Crippen molar-refractivity contribution < 1.29 is 4.79 Å². The molecule has 0 fully saturated rings. The van der Waals surface area contributed by atoms with Crippen molar-refractivity contribution in [1.29, 1.82) is 0 Å². The number of anilines is 1. The van der Waals surface area contributed by atoms with Gasteiger partial charge in [0, 0.05) is 15.6 Å². The molecule has 0 aliphatic heterocycles. The Hall–Kier alpha value is -3.48. The normalized spacial score (nSPS) is 11.5. The Kier molecular flexibility index (Phi) is 5.61. The molecule has 0 atom stereocenters. The average Bonchev–Trinajstić information content (AvgIpc) is 2.75. The first-order valence-electron chi connectivity index (χ1n) is 8.90. The number of para-hydroxylation sites is 2. The molecule has 0 unspecified atom stereocenters. The fourth-order valence-electron chi connectivity index (χ4n) is 2.78. The maximum Gasteiger partial charge on any atom is 0.276 e. The van der Waals surface area contributed by atoms with Crippen LogP contribution in [-0.2, 0) is 0 Å². The third-order valence-electron chi connectivity index (χ3n) is 4.29. The number of hydrazone groups is 1. The van der Waals surface area contributed by atoms with E-state index >= 15 is 0 Å². The predicted molar refractivity (Wildman–Crippen MR) is 120 cm³/mol. The number of rotatable bonds is 5. The molecule has 4 aromatic rings. The minimum Gasteiger partial charge on any atom is -0.319 e. The molecule has 0 radical (unpaired) electrons. The molecule has 0 spiro atoms. The van der Waals surface area contributed by atoms with E-state index in [2.05, 4.69) is 20.5 Å². The molecule has 148 valence electrons. The Bertz CT molecular complexity index is 1310. The third-order valence-corrected chi connectivity index (χ3v) is 4.79. The van der Waals surface area contributed by atoms with Crippen LogP contribution in [0.15, 0.2) is 82.7 Å². The molecule has 4 rings (SSSR count). The number of aromatic nitrogens is 2. The monoisotopic (exact) mass is 436 g/mol. The number of nitrogens with one attached hydrogen (secondary N) is 2. The highest BCUT2D eigenvalue weighted by molar-refractivity contribution is 6.51. The molecule has 2 N–H and O–H groups in total. The van der Waals surface area contributed by atoms with Crippen LogP contribution in [0.4, 0.5) is 5.69 Å². The molecular formula is C22H14Cl2N4O2. The largest absolute Gasteiger partial charge is 0.319 e. The number of benzene rings is 3. The van der Waals surface area contributed by atoms with Crippen molar-refractivity contribution in [3.05, 3.63) is 104 Å². The van der Waals surface area contributed by atoms with E-state index in [4.69, 9.17) is 23.2 Å². The van der Waals surface area contributed by atoms with E-state index < -0.39 is 11.3 Å². The van der Waals surface area contributed by atoms with Gasteiger partial charge in [0.25, 0.3) is 5.56 Å². The summed E-state index contributed by atoms with van der Waals surface area (Å²) in [6.07, 6.45) is 0. The van der Waals surface area contributed by atoms with Gasteiger partial charge in [0.1, 0.15) is 0 Å². The minimum atomic E-state index is -0.521. The number of nitrogens with zero attached hydrogens (tertiary/aromatic N) is 2. The summed E-state index contributed by atoms with van der Waals surface area (Å²) in [7, 11) is 0. The lowest BCUT2D eigenvalue weighted by Gasteiger charge is -2.08. The Morgan fingerprint density at radius 3 is 2.23 bits per heavy atom. The zero-order valence-electron chi connectivity index (χ0n) is 15.4. The lowest BCUT2D eigenvalue weighted by atomic mass is 10.0. The van der Waals surface area contributed by atoms with E-state index in [0.717, 1.165) is 0 Å². The summed E-state index contributed by atoms with van der Waals surface area (Å²) in [5.74, 6) is -0.471. The maximum atomic E-state index is 13.2. The molecule has 3 aromatic carbocycles. The van der Waals surface area contributed by atoms with Crippen molar-refractivity contribution in [3.8, 4) is 0 Å². The first-order chi connectivity index (χ1) is 14.5. The fraction of sp³-hybridized carbons (Fsp3) is 0. The standard InChI is InChI=1S/C22H14Cl2N4O2/c23-14-7-5-13(6-8-14)21(29)19(28-27-16-11-9-15(24)10-12-16)20-22(30)26-18-4-2-1-3-17(18)25-20/h1-12,27H,(H,26,30)/b28-19+. The third kappa shape index (κ3) is 4.25. The van der Waals surface area contributed by atoms with Crippen LogP contribution < -0.4 is 11.0 Å². The second kappa shape index (κ2) is 8.49. The van der Waals surface area contributed by atoms with Gasteiger partial charge in [-0.3, -0.25) is 15.0 Å². The second-order valence-corrected chi connectivity index (χ2v) is 7.22. The number of hydrogen-bond donors (Lipinski definition) is 2.